The summed E-state index contributed by atoms with van der Waals surface area (Å²) < 4.78 is 0. The molecule has 0 fully saturated rings. The summed E-state index contributed by atoms with van der Waals surface area (Å²) in [5, 5.41) is 6.02. The maximum absolute atomic E-state index is 5.12. The van der Waals surface area contributed by atoms with Crippen molar-refractivity contribution in [3.8, 4) is 22.5 Å². The van der Waals surface area contributed by atoms with E-state index in [0.29, 0.717) is 0 Å². The zero-order chi connectivity index (χ0) is 19.9. The van der Waals surface area contributed by atoms with E-state index in [2.05, 4.69) is 102 Å². The van der Waals surface area contributed by atoms with Crippen LogP contribution in [0.3, 0.4) is 0 Å². The van der Waals surface area contributed by atoms with Gasteiger partial charge in [0.1, 0.15) is 0 Å². The quantitative estimate of drug-likeness (QED) is 0.294. The van der Waals surface area contributed by atoms with Crippen LogP contribution in [0.5, 0.6) is 0 Å². The van der Waals surface area contributed by atoms with E-state index in [-0.39, 0.29) is 0 Å². The van der Waals surface area contributed by atoms with E-state index < -0.39 is 0 Å². The zero-order valence-electron chi connectivity index (χ0n) is 16.3. The van der Waals surface area contributed by atoms with Crippen molar-refractivity contribution < 1.29 is 0 Å². The first kappa shape index (κ1) is 16.9. The topological polar surface area (TPSA) is 25.8 Å². The molecule has 0 saturated carbocycles. The van der Waals surface area contributed by atoms with Gasteiger partial charge in [0.2, 0.25) is 0 Å². The smallest absolute Gasteiger partial charge is 0.0795 e. The van der Waals surface area contributed by atoms with Gasteiger partial charge in [-0.2, -0.15) is 0 Å². The molecule has 0 N–H and O–H groups in total. The van der Waals surface area contributed by atoms with E-state index in [4.69, 9.17) is 4.98 Å². The third-order valence-corrected chi connectivity index (χ3v) is 5.69. The SMILES string of the molecule is c1cc(-c2c3ccccc3cc3ccccc23)nc(-c2cccc3cccnc23)c1. The fraction of sp³-hybridized carbons (Fsp3) is 0. The number of nitrogens with zero attached hydrogens (tertiary/aromatic N) is 2. The summed E-state index contributed by atoms with van der Waals surface area (Å²) in [6.07, 6.45) is 1.84. The molecule has 0 radical (unpaired) electrons. The Hall–Kier alpha value is -4.04. The normalized spacial score (nSPS) is 11.3. The fourth-order valence-corrected chi connectivity index (χ4v) is 4.32. The summed E-state index contributed by atoms with van der Waals surface area (Å²) in [6, 6.07) is 35.9. The van der Waals surface area contributed by atoms with Gasteiger partial charge in [-0.15, -0.1) is 0 Å². The summed E-state index contributed by atoms with van der Waals surface area (Å²) in [5.41, 5.74) is 5.13. The number of hydrogen-bond donors (Lipinski definition) is 0. The van der Waals surface area contributed by atoms with Crippen LogP contribution in [0.4, 0.5) is 0 Å². The first-order valence-corrected chi connectivity index (χ1v) is 10.1. The monoisotopic (exact) mass is 382 g/mol. The molecule has 0 spiro atoms. The van der Waals surface area contributed by atoms with Crippen molar-refractivity contribution in [3.05, 3.63) is 109 Å². The number of fused-ring (bicyclic) bond motifs is 3. The van der Waals surface area contributed by atoms with Gasteiger partial charge in [-0.05, 0) is 45.8 Å². The standard InChI is InChI=1S/C28H18N2/c1-3-12-22-20(8-1)18-21-9-2-4-13-23(21)27(22)26-16-6-15-25(30-26)24-14-5-10-19-11-7-17-29-28(19)24/h1-18H. The van der Waals surface area contributed by atoms with Gasteiger partial charge in [0.25, 0.3) is 0 Å². The molecule has 0 atom stereocenters. The Bertz CT molecular complexity index is 1490. The van der Waals surface area contributed by atoms with Crippen molar-refractivity contribution in [3.63, 3.8) is 0 Å². The van der Waals surface area contributed by atoms with E-state index in [9.17, 15) is 0 Å². The van der Waals surface area contributed by atoms with Gasteiger partial charge in [-0.3, -0.25) is 4.98 Å². The van der Waals surface area contributed by atoms with Crippen LogP contribution in [0.25, 0.3) is 55.0 Å². The minimum absolute atomic E-state index is 0.939. The fourth-order valence-electron chi connectivity index (χ4n) is 4.32. The van der Waals surface area contributed by atoms with Gasteiger partial charge >= 0.3 is 0 Å². The van der Waals surface area contributed by atoms with Crippen LogP contribution >= 0.6 is 0 Å². The molecule has 0 bridgehead atoms. The molecule has 0 aliphatic rings. The van der Waals surface area contributed by atoms with Crippen molar-refractivity contribution in [1.82, 2.24) is 9.97 Å². The number of aromatic nitrogens is 2. The molecule has 140 valence electrons. The zero-order valence-corrected chi connectivity index (χ0v) is 16.3. The van der Waals surface area contributed by atoms with E-state index >= 15 is 0 Å². The van der Waals surface area contributed by atoms with Crippen molar-refractivity contribution >= 4 is 32.4 Å². The van der Waals surface area contributed by atoms with E-state index in [1.165, 1.54) is 27.1 Å². The molecule has 6 aromatic rings. The lowest BCUT2D eigenvalue weighted by Gasteiger charge is -2.13. The van der Waals surface area contributed by atoms with Crippen LogP contribution < -0.4 is 0 Å². The highest BCUT2D eigenvalue weighted by molar-refractivity contribution is 6.12. The maximum atomic E-state index is 5.12. The predicted molar refractivity (Wildman–Crippen MR) is 125 cm³/mol. The third kappa shape index (κ3) is 2.66. The minimum Gasteiger partial charge on any atom is -0.256 e. The third-order valence-electron chi connectivity index (χ3n) is 5.69. The molecule has 4 aromatic carbocycles. The highest BCUT2D eigenvalue weighted by atomic mass is 14.7. The Balaban J connectivity index is 1.66. The van der Waals surface area contributed by atoms with Crippen LogP contribution in [0.15, 0.2) is 109 Å². The van der Waals surface area contributed by atoms with Gasteiger partial charge in [0.05, 0.1) is 16.9 Å². The molecular formula is C28H18N2. The molecule has 0 aliphatic heterocycles. The second-order valence-corrected chi connectivity index (χ2v) is 7.48. The van der Waals surface area contributed by atoms with Crippen molar-refractivity contribution in [1.29, 1.82) is 0 Å². The molecule has 2 heterocycles. The molecule has 0 aliphatic carbocycles. The van der Waals surface area contributed by atoms with Crippen LogP contribution in [0.2, 0.25) is 0 Å². The number of hydrogen-bond acceptors (Lipinski definition) is 2. The number of para-hydroxylation sites is 1. The van der Waals surface area contributed by atoms with E-state index in [1.807, 2.05) is 12.3 Å². The molecule has 6 rings (SSSR count). The Morgan fingerprint density at radius 3 is 1.93 bits per heavy atom. The predicted octanol–water partition coefficient (Wildman–Crippen LogP) is 7.27. The van der Waals surface area contributed by atoms with Crippen LogP contribution in [-0.2, 0) is 0 Å². The Morgan fingerprint density at radius 1 is 0.500 bits per heavy atom. The average Bonchev–Trinajstić information content (AvgIpc) is 2.82. The lowest BCUT2D eigenvalue weighted by atomic mass is 9.94. The Kier molecular flexibility index (Phi) is 3.82. The molecule has 0 saturated heterocycles. The highest BCUT2D eigenvalue weighted by Crippen LogP contribution is 2.36. The molecular weight excluding hydrogens is 364 g/mol. The molecule has 0 amide bonds. The first-order valence-electron chi connectivity index (χ1n) is 10.1. The molecule has 2 nitrogen and oxygen atoms in total. The summed E-state index contributed by atoms with van der Waals surface area (Å²) in [6.45, 7) is 0. The Morgan fingerprint density at radius 2 is 1.13 bits per heavy atom. The maximum Gasteiger partial charge on any atom is 0.0795 e. The van der Waals surface area contributed by atoms with E-state index in [1.54, 1.807) is 0 Å². The summed E-state index contributed by atoms with van der Waals surface area (Å²) in [4.78, 5) is 9.74. The number of pyridine rings is 2. The lowest BCUT2D eigenvalue weighted by Crippen LogP contribution is -1.92. The molecule has 2 heteroatoms. The molecule has 0 unspecified atom stereocenters. The van der Waals surface area contributed by atoms with Crippen LogP contribution in [0.1, 0.15) is 0 Å². The first-order chi connectivity index (χ1) is 14.9. The van der Waals surface area contributed by atoms with Gasteiger partial charge in [-0.1, -0.05) is 78.9 Å². The van der Waals surface area contributed by atoms with Gasteiger partial charge in [-0.25, -0.2) is 4.98 Å². The van der Waals surface area contributed by atoms with Crippen molar-refractivity contribution in [2.45, 2.75) is 0 Å². The largest absolute Gasteiger partial charge is 0.256 e. The van der Waals surface area contributed by atoms with Gasteiger partial charge in [0.15, 0.2) is 0 Å². The van der Waals surface area contributed by atoms with Gasteiger partial charge < -0.3 is 0 Å². The minimum atomic E-state index is 0.939. The van der Waals surface area contributed by atoms with E-state index in [0.717, 1.165) is 27.9 Å². The van der Waals surface area contributed by atoms with Crippen molar-refractivity contribution in [2.24, 2.45) is 0 Å². The summed E-state index contributed by atoms with van der Waals surface area (Å²) >= 11 is 0. The summed E-state index contributed by atoms with van der Waals surface area (Å²) in [7, 11) is 0. The number of benzene rings is 4. The molecule has 30 heavy (non-hydrogen) atoms. The lowest BCUT2D eigenvalue weighted by molar-refractivity contribution is 1.32. The average molecular weight is 382 g/mol. The van der Waals surface area contributed by atoms with Crippen molar-refractivity contribution in [2.75, 3.05) is 0 Å². The Labute approximate surface area is 174 Å². The summed E-state index contributed by atoms with van der Waals surface area (Å²) in [5.74, 6) is 0. The van der Waals surface area contributed by atoms with Gasteiger partial charge in [0, 0.05) is 22.7 Å². The molecule has 2 aromatic heterocycles. The second-order valence-electron chi connectivity index (χ2n) is 7.48. The number of rotatable bonds is 2. The van der Waals surface area contributed by atoms with Crippen LogP contribution in [-0.4, -0.2) is 9.97 Å². The highest BCUT2D eigenvalue weighted by Gasteiger charge is 2.13. The second kappa shape index (κ2) is 6.78. The van der Waals surface area contributed by atoms with Crippen LogP contribution in [0, 0.1) is 0 Å².